The first-order valence-electron chi connectivity index (χ1n) is 15.6. The van der Waals surface area contributed by atoms with E-state index in [9.17, 15) is 59.3 Å². The van der Waals surface area contributed by atoms with Crippen LogP contribution >= 0.6 is 0 Å². The fourth-order valence-electron chi connectivity index (χ4n) is 8.04. The van der Waals surface area contributed by atoms with Crippen LogP contribution in [0.25, 0.3) is 0 Å². The Bertz CT molecular complexity index is 1120. The number of methoxy groups -OCH3 is 1. The summed E-state index contributed by atoms with van der Waals surface area (Å²) in [4.78, 5) is 21.0. The molecule has 0 aromatic rings. The van der Waals surface area contributed by atoms with Crippen LogP contribution < -0.4 is 0 Å². The number of alkyl halides is 9. The highest BCUT2D eigenvalue weighted by Gasteiger charge is 2.67. The first-order valence-corrected chi connectivity index (χ1v) is 15.6. The van der Waals surface area contributed by atoms with Gasteiger partial charge in [-0.2, -0.15) is 39.5 Å². The van der Waals surface area contributed by atoms with Crippen LogP contribution in [-0.2, 0) is 19.1 Å². The lowest BCUT2D eigenvalue weighted by atomic mass is 9.84. The number of ether oxygens (including phenoxy) is 2. The number of fused-ring (bicyclic) bond motifs is 6. The molecule has 0 aromatic carbocycles. The predicted octanol–water partition coefficient (Wildman–Crippen LogP) is 6.99. The van der Waals surface area contributed by atoms with Gasteiger partial charge in [0.1, 0.15) is 0 Å². The molecule has 5 saturated carbocycles. The smallest absolute Gasteiger partial charge is 0.428 e. The molecule has 9 unspecified atom stereocenters. The Morgan fingerprint density at radius 3 is 1.33 bits per heavy atom. The van der Waals surface area contributed by atoms with Gasteiger partial charge in [-0.25, -0.2) is 4.79 Å². The molecule has 7 nitrogen and oxygen atoms in total. The van der Waals surface area contributed by atoms with Crippen molar-refractivity contribution in [2.75, 3.05) is 14.2 Å². The standard InChI is InChI=1S/C10H11F3O2.2C8H11F3O.C5H8O2.CH4O/c1-6(14)15-9(10(11,12)13)5-7-2-3-8(9)4-7;2*9-8(10,11)7(12)4-5-1-2-6(7)3-5;1-4(2)5(6)7-3;1-2/h2-3,7-8H,4-5H2,1H3;2*5-6,12H,1-4H2;1H2,2-3H3;2H,1H3. The summed E-state index contributed by atoms with van der Waals surface area (Å²) in [7, 11) is 2.33. The van der Waals surface area contributed by atoms with Crippen LogP contribution in [0, 0.1) is 35.5 Å². The molecule has 278 valence electrons. The lowest BCUT2D eigenvalue weighted by molar-refractivity contribution is -0.277. The molecule has 48 heavy (non-hydrogen) atoms. The zero-order chi connectivity index (χ0) is 37.1. The number of esters is 2. The number of aliphatic hydroxyl groups excluding tert-OH is 1. The number of carbonyl (C=O) groups excluding carboxylic acids is 2. The predicted molar refractivity (Wildman–Crippen MR) is 154 cm³/mol. The van der Waals surface area contributed by atoms with Crippen LogP contribution in [-0.4, -0.2) is 76.8 Å². The lowest BCUT2D eigenvalue weighted by Gasteiger charge is -2.36. The van der Waals surface area contributed by atoms with Crippen LogP contribution in [0.4, 0.5) is 39.5 Å². The maximum absolute atomic E-state index is 12.9. The van der Waals surface area contributed by atoms with Gasteiger partial charge in [0.2, 0.25) is 5.60 Å². The van der Waals surface area contributed by atoms with Crippen molar-refractivity contribution in [2.45, 2.75) is 113 Å². The van der Waals surface area contributed by atoms with Gasteiger partial charge in [-0.1, -0.05) is 18.7 Å². The van der Waals surface area contributed by atoms with Gasteiger partial charge < -0.3 is 24.8 Å². The minimum atomic E-state index is -4.48. The third-order valence-electron chi connectivity index (χ3n) is 10.3. The van der Waals surface area contributed by atoms with Crippen molar-refractivity contribution in [2.24, 2.45) is 35.5 Å². The molecule has 0 aromatic heterocycles. The van der Waals surface area contributed by atoms with Crippen molar-refractivity contribution in [1.82, 2.24) is 0 Å². The van der Waals surface area contributed by atoms with Crippen LogP contribution in [0.2, 0.25) is 0 Å². The number of halogens is 9. The Kier molecular flexibility index (Phi) is 13.3. The molecule has 0 radical (unpaired) electrons. The third kappa shape index (κ3) is 8.69. The second-order valence-corrected chi connectivity index (χ2v) is 13.4. The second kappa shape index (κ2) is 15.3. The number of rotatable bonds is 2. The minimum Gasteiger partial charge on any atom is -0.466 e. The summed E-state index contributed by atoms with van der Waals surface area (Å²) >= 11 is 0. The van der Waals surface area contributed by atoms with E-state index in [-0.39, 0.29) is 43.0 Å². The Labute approximate surface area is 273 Å². The summed E-state index contributed by atoms with van der Waals surface area (Å²) in [5.74, 6) is -2.84. The summed E-state index contributed by atoms with van der Waals surface area (Å²) in [5.41, 5.74) is -6.54. The molecular formula is C32H45F9O7. The van der Waals surface area contributed by atoms with Gasteiger partial charge in [-0.15, -0.1) is 0 Å². The minimum absolute atomic E-state index is 0.0683. The third-order valence-corrected chi connectivity index (χ3v) is 10.3. The second-order valence-electron chi connectivity index (χ2n) is 13.4. The molecule has 6 aliphatic rings. The first kappa shape index (κ1) is 41.8. The van der Waals surface area contributed by atoms with Crippen molar-refractivity contribution >= 4 is 11.9 Å². The van der Waals surface area contributed by atoms with E-state index < -0.39 is 59.1 Å². The van der Waals surface area contributed by atoms with Crippen LogP contribution in [0.5, 0.6) is 0 Å². The van der Waals surface area contributed by atoms with Crippen molar-refractivity contribution in [3.8, 4) is 0 Å². The molecule has 0 saturated heterocycles. The Balaban J connectivity index is 0.000000225. The van der Waals surface area contributed by atoms with E-state index in [1.165, 1.54) is 13.2 Å². The summed E-state index contributed by atoms with van der Waals surface area (Å²) in [6.45, 7) is 5.97. The number of aliphatic hydroxyl groups is 3. The van der Waals surface area contributed by atoms with Crippen molar-refractivity contribution in [3.05, 3.63) is 24.3 Å². The van der Waals surface area contributed by atoms with E-state index in [0.717, 1.165) is 26.9 Å². The summed E-state index contributed by atoms with van der Waals surface area (Å²) in [6.07, 6.45) is -5.92. The Hall–Kier alpha value is -2.33. The monoisotopic (exact) mass is 712 g/mol. The van der Waals surface area contributed by atoms with Gasteiger partial charge >= 0.3 is 30.5 Å². The van der Waals surface area contributed by atoms with E-state index in [0.29, 0.717) is 37.7 Å². The normalized spacial score (nSPS) is 36.8. The van der Waals surface area contributed by atoms with E-state index in [2.05, 4.69) is 16.1 Å². The first-order chi connectivity index (χ1) is 21.9. The van der Waals surface area contributed by atoms with E-state index in [4.69, 9.17) is 5.11 Å². The van der Waals surface area contributed by atoms with Crippen molar-refractivity contribution in [1.29, 1.82) is 0 Å². The molecule has 0 heterocycles. The molecule has 16 heteroatoms. The van der Waals surface area contributed by atoms with Crippen LogP contribution in [0.3, 0.4) is 0 Å². The van der Waals surface area contributed by atoms with Gasteiger partial charge in [0.15, 0.2) is 11.2 Å². The van der Waals surface area contributed by atoms with E-state index in [1.807, 2.05) is 0 Å². The Morgan fingerprint density at radius 2 is 1.17 bits per heavy atom. The molecule has 0 spiro atoms. The average Bonchev–Trinajstić information content (AvgIpc) is 3.82. The van der Waals surface area contributed by atoms with Crippen molar-refractivity contribution in [3.63, 3.8) is 0 Å². The number of allylic oxidation sites excluding steroid dienone is 1. The number of hydrogen-bond acceptors (Lipinski definition) is 7. The Morgan fingerprint density at radius 1 is 0.729 bits per heavy atom. The maximum atomic E-state index is 12.9. The summed E-state index contributed by atoms with van der Waals surface area (Å²) < 4.78 is 122. The molecular weight excluding hydrogens is 667 g/mol. The van der Waals surface area contributed by atoms with E-state index in [1.54, 1.807) is 13.0 Å². The molecule has 9 atom stereocenters. The molecule has 6 rings (SSSR count). The highest BCUT2D eigenvalue weighted by Crippen LogP contribution is 2.58. The fraction of sp³-hybridized carbons (Fsp3) is 0.812. The van der Waals surface area contributed by atoms with Gasteiger partial charge in [0.25, 0.3) is 0 Å². The molecule has 3 N–H and O–H groups in total. The maximum Gasteiger partial charge on any atom is 0.428 e. The molecule has 0 aliphatic heterocycles. The lowest BCUT2D eigenvalue weighted by Crippen LogP contribution is -2.51. The van der Waals surface area contributed by atoms with Crippen LogP contribution in [0.1, 0.15) is 78.1 Å². The summed E-state index contributed by atoms with van der Waals surface area (Å²) in [6, 6.07) is 0. The largest absolute Gasteiger partial charge is 0.466 e. The SMILES string of the molecule is C=C(C)C(=O)OC.CC(=O)OC1(C(F)(F)F)CC2C=CC1C2.CO.OC1(C(F)(F)F)CC2CCC1C2.OC1(C(F)(F)F)CC2CCC1C2. The molecule has 6 bridgehead atoms. The van der Waals surface area contributed by atoms with Gasteiger partial charge in [0.05, 0.1) is 7.11 Å². The molecule has 0 amide bonds. The quantitative estimate of drug-likeness (QED) is 0.123. The van der Waals surface area contributed by atoms with E-state index >= 15 is 0 Å². The average molecular weight is 713 g/mol. The van der Waals surface area contributed by atoms with Gasteiger partial charge in [0, 0.05) is 31.9 Å². The fourth-order valence-corrected chi connectivity index (χ4v) is 8.04. The highest BCUT2D eigenvalue weighted by molar-refractivity contribution is 5.86. The topological polar surface area (TPSA) is 113 Å². The van der Waals surface area contributed by atoms with Crippen molar-refractivity contribution < 1.29 is 73.9 Å². The highest BCUT2D eigenvalue weighted by atomic mass is 19.4. The zero-order valence-electron chi connectivity index (χ0n) is 27.3. The zero-order valence-corrected chi connectivity index (χ0v) is 27.3. The number of hydrogen-bond donors (Lipinski definition) is 3. The number of carbonyl (C=O) groups is 2. The van der Waals surface area contributed by atoms with Gasteiger partial charge in [-0.05, 0) is 94.3 Å². The van der Waals surface area contributed by atoms with Gasteiger partial charge in [-0.3, -0.25) is 4.79 Å². The summed E-state index contributed by atoms with van der Waals surface area (Å²) in [5, 5.41) is 25.8. The van der Waals surface area contributed by atoms with Crippen LogP contribution in [0.15, 0.2) is 24.3 Å². The molecule has 6 aliphatic carbocycles. The molecule has 5 fully saturated rings.